The number of nitrogens with two attached hydrogens (primary N) is 1. The van der Waals surface area contributed by atoms with E-state index >= 15 is 0 Å². The van der Waals surface area contributed by atoms with Crippen molar-refractivity contribution in [3.8, 4) is 17.1 Å². The van der Waals surface area contributed by atoms with Crippen molar-refractivity contribution in [3.05, 3.63) is 102 Å². The van der Waals surface area contributed by atoms with Gasteiger partial charge in [-0.25, -0.2) is 9.97 Å². The topological polar surface area (TPSA) is 119 Å². The zero-order valence-electron chi connectivity index (χ0n) is 24.2. The molecule has 4 N–H and O–H groups in total. The van der Waals surface area contributed by atoms with E-state index in [0.29, 0.717) is 5.82 Å². The average molecular weight is 576 g/mol. The number of primary amides is 1. The largest absolute Gasteiger partial charge is 0.486 e. The molecular weight excluding hydrogens is 538 g/mol. The molecule has 1 fully saturated rings. The lowest BCUT2D eigenvalue weighted by Gasteiger charge is -2.28. The van der Waals surface area contributed by atoms with Crippen molar-refractivity contribution in [2.45, 2.75) is 63.5 Å². The van der Waals surface area contributed by atoms with Crippen molar-refractivity contribution >= 4 is 23.2 Å². The second-order valence-electron chi connectivity index (χ2n) is 11.5. The summed E-state index contributed by atoms with van der Waals surface area (Å²) >= 11 is 0. The third-order valence-corrected chi connectivity index (χ3v) is 8.42. The first kappa shape index (κ1) is 28.4. The van der Waals surface area contributed by atoms with E-state index in [9.17, 15) is 9.59 Å². The van der Waals surface area contributed by atoms with Crippen LogP contribution < -0.4 is 21.1 Å². The fourth-order valence-electron chi connectivity index (χ4n) is 6.26. The van der Waals surface area contributed by atoms with E-state index in [-0.39, 0.29) is 24.3 Å². The Morgan fingerprint density at radius 1 is 0.884 bits per heavy atom. The molecule has 43 heavy (non-hydrogen) atoms. The number of aryl methyl sites for hydroxylation is 1. The van der Waals surface area contributed by atoms with Gasteiger partial charge in [0.2, 0.25) is 11.8 Å². The molecule has 4 aromatic rings. The number of carbonyl (C=O) groups excluding carboxylic acids is 2. The summed E-state index contributed by atoms with van der Waals surface area (Å²) in [6.45, 7) is 0. The van der Waals surface area contributed by atoms with Crippen molar-refractivity contribution < 1.29 is 14.3 Å². The van der Waals surface area contributed by atoms with Crippen molar-refractivity contribution in [2.75, 3.05) is 5.32 Å². The van der Waals surface area contributed by atoms with Gasteiger partial charge in [-0.15, -0.1) is 0 Å². The van der Waals surface area contributed by atoms with Crippen LogP contribution in [0, 0.1) is 5.92 Å². The van der Waals surface area contributed by atoms with Crippen LogP contribution in [0.4, 0.5) is 11.4 Å². The predicted molar refractivity (Wildman–Crippen MR) is 167 cm³/mol. The molecule has 2 aliphatic rings. The Labute approximate surface area is 252 Å². The number of anilines is 2. The standard InChI is InChI=1S/C35H37N5O3/c36-34(42)33(24-9-3-1-4-10-24)40-32(41)19-23-8-7-13-29(18-23)43-31-17-15-25-20-26(14-16-30(25)31)35-37-21-28(22-38-35)39-27-11-5-2-6-12-27/h2,5-8,11-14,16,18,20-22,24,31,33,39H,1,3-4,9-10,15,17,19H2,(H2,36,42)(H,40,41)/t31-,33+/m0/s1. The number of hydrogen-bond donors (Lipinski definition) is 3. The van der Waals surface area contributed by atoms with Crippen LogP contribution in [-0.4, -0.2) is 27.8 Å². The third kappa shape index (κ3) is 7.02. The van der Waals surface area contributed by atoms with Gasteiger partial charge in [0.15, 0.2) is 5.82 Å². The van der Waals surface area contributed by atoms with Crippen LogP contribution in [0.1, 0.15) is 61.3 Å². The minimum absolute atomic E-state index is 0.0722. The number of rotatable bonds is 10. The summed E-state index contributed by atoms with van der Waals surface area (Å²) in [4.78, 5) is 34.1. The normalized spacial score (nSPS) is 17.1. The molecule has 8 nitrogen and oxygen atoms in total. The van der Waals surface area contributed by atoms with Gasteiger partial charge in [-0.1, -0.05) is 61.7 Å². The lowest BCUT2D eigenvalue weighted by Crippen LogP contribution is -2.50. The minimum Gasteiger partial charge on any atom is -0.486 e. The van der Waals surface area contributed by atoms with Gasteiger partial charge in [-0.05, 0) is 78.6 Å². The summed E-state index contributed by atoms with van der Waals surface area (Å²) in [6.07, 6.45) is 10.6. The number of fused-ring (bicyclic) bond motifs is 1. The van der Waals surface area contributed by atoms with Crippen LogP contribution in [0.25, 0.3) is 11.4 Å². The number of nitrogens with zero attached hydrogens (tertiary/aromatic N) is 2. The number of carbonyl (C=O) groups is 2. The molecule has 2 amide bonds. The Kier molecular flexibility index (Phi) is 8.63. The van der Waals surface area contributed by atoms with Gasteiger partial charge in [0.25, 0.3) is 0 Å². The first-order chi connectivity index (χ1) is 21.0. The van der Waals surface area contributed by atoms with E-state index in [2.05, 4.69) is 32.7 Å². The number of aromatic nitrogens is 2. The second-order valence-corrected chi connectivity index (χ2v) is 11.5. The van der Waals surface area contributed by atoms with Crippen LogP contribution in [0.5, 0.6) is 5.75 Å². The predicted octanol–water partition coefficient (Wildman–Crippen LogP) is 6.05. The molecule has 0 spiro atoms. The molecule has 0 radical (unpaired) electrons. The number of ether oxygens (including phenoxy) is 1. The maximum atomic E-state index is 12.9. The van der Waals surface area contributed by atoms with E-state index in [1.54, 1.807) is 12.4 Å². The van der Waals surface area contributed by atoms with Gasteiger partial charge in [-0.2, -0.15) is 0 Å². The van der Waals surface area contributed by atoms with E-state index < -0.39 is 11.9 Å². The van der Waals surface area contributed by atoms with Crippen LogP contribution in [-0.2, 0) is 22.4 Å². The number of benzene rings is 3. The van der Waals surface area contributed by atoms with Crippen LogP contribution in [0.2, 0.25) is 0 Å². The van der Waals surface area contributed by atoms with Crippen molar-refractivity contribution in [3.63, 3.8) is 0 Å². The smallest absolute Gasteiger partial charge is 0.240 e. The fourth-order valence-corrected chi connectivity index (χ4v) is 6.26. The molecule has 8 heteroatoms. The highest BCUT2D eigenvalue weighted by molar-refractivity contribution is 5.87. The molecule has 1 aromatic heterocycles. The van der Waals surface area contributed by atoms with Gasteiger partial charge < -0.3 is 21.1 Å². The molecular formula is C35H37N5O3. The average Bonchev–Trinajstić information content (AvgIpc) is 3.43. The molecule has 2 aliphatic carbocycles. The summed E-state index contributed by atoms with van der Waals surface area (Å²) in [6, 6.07) is 23.3. The number of para-hydroxylation sites is 1. The Morgan fingerprint density at radius 2 is 1.67 bits per heavy atom. The van der Waals surface area contributed by atoms with Crippen LogP contribution in [0.3, 0.4) is 0 Å². The summed E-state index contributed by atoms with van der Waals surface area (Å²) in [5, 5.41) is 6.22. The first-order valence-corrected chi connectivity index (χ1v) is 15.1. The first-order valence-electron chi connectivity index (χ1n) is 15.1. The molecule has 1 saturated carbocycles. The summed E-state index contributed by atoms with van der Waals surface area (Å²) in [7, 11) is 0. The van der Waals surface area contributed by atoms with E-state index in [0.717, 1.165) is 72.3 Å². The van der Waals surface area contributed by atoms with E-state index in [1.165, 1.54) is 12.0 Å². The second kappa shape index (κ2) is 13.1. The lowest BCUT2D eigenvalue weighted by molar-refractivity contribution is -0.128. The Hall–Kier alpha value is -4.72. The molecule has 0 bridgehead atoms. The quantitative estimate of drug-likeness (QED) is 0.212. The SMILES string of the molecule is NC(=O)[C@H](NC(=O)Cc1cccc(O[C@H]2CCc3cc(-c4ncc(Nc5ccccc5)cn4)ccc32)c1)C1CCCCC1. The molecule has 2 atom stereocenters. The monoisotopic (exact) mass is 575 g/mol. The highest BCUT2D eigenvalue weighted by Crippen LogP contribution is 2.37. The highest BCUT2D eigenvalue weighted by Gasteiger charge is 2.29. The van der Waals surface area contributed by atoms with Crippen LogP contribution >= 0.6 is 0 Å². The molecule has 0 unspecified atom stereocenters. The van der Waals surface area contributed by atoms with Gasteiger partial charge >= 0.3 is 0 Å². The maximum Gasteiger partial charge on any atom is 0.240 e. The van der Waals surface area contributed by atoms with Crippen molar-refractivity contribution in [1.29, 1.82) is 0 Å². The third-order valence-electron chi connectivity index (χ3n) is 8.42. The summed E-state index contributed by atoms with van der Waals surface area (Å²) in [5.74, 6) is 0.866. The molecule has 0 saturated heterocycles. The molecule has 3 aromatic carbocycles. The van der Waals surface area contributed by atoms with Gasteiger partial charge in [0, 0.05) is 11.3 Å². The number of amides is 2. The summed E-state index contributed by atoms with van der Waals surface area (Å²) < 4.78 is 6.41. The van der Waals surface area contributed by atoms with Gasteiger partial charge in [-0.3, -0.25) is 9.59 Å². The highest BCUT2D eigenvalue weighted by atomic mass is 16.5. The Balaban J connectivity index is 1.07. The van der Waals surface area contributed by atoms with Crippen LogP contribution in [0.15, 0.2) is 85.2 Å². The summed E-state index contributed by atoms with van der Waals surface area (Å²) in [5.41, 5.74) is 11.7. The molecule has 0 aliphatic heterocycles. The maximum absolute atomic E-state index is 12.9. The Bertz CT molecular complexity index is 1570. The van der Waals surface area contributed by atoms with Gasteiger partial charge in [0.05, 0.1) is 24.5 Å². The molecule has 220 valence electrons. The van der Waals surface area contributed by atoms with Crippen molar-refractivity contribution in [2.24, 2.45) is 11.7 Å². The van der Waals surface area contributed by atoms with E-state index in [1.807, 2.05) is 60.7 Å². The fraction of sp³-hybridized carbons (Fsp3) is 0.314. The van der Waals surface area contributed by atoms with Gasteiger partial charge in [0.1, 0.15) is 17.9 Å². The Morgan fingerprint density at radius 3 is 2.44 bits per heavy atom. The lowest BCUT2D eigenvalue weighted by atomic mass is 9.83. The zero-order valence-corrected chi connectivity index (χ0v) is 24.2. The minimum atomic E-state index is -0.610. The number of nitrogens with one attached hydrogen (secondary N) is 2. The zero-order chi connectivity index (χ0) is 29.6. The molecule has 1 heterocycles. The number of hydrogen-bond acceptors (Lipinski definition) is 6. The van der Waals surface area contributed by atoms with E-state index in [4.69, 9.17) is 10.5 Å². The van der Waals surface area contributed by atoms with Crippen molar-refractivity contribution in [1.82, 2.24) is 15.3 Å². The molecule has 6 rings (SSSR count).